The van der Waals surface area contributed by atoms with Crippen LogP contribution in [-0.4, -0.2) is 0 Å². The maximum atomic E-state index is 0. The number of hydrogen-bond acceptors (Lipinski definition) is 0. The average molecular weight is 337 g/mol. The van der Waals surface area contributed by atoms with E-state index in [0.29, 0.717) is 0 Å². The second-order valence-electron chi connectivity index (χ2n) is 0. The highest BCUT2D eigenvalue weighted by Gasteiger charge is -0.0311. The lowest BCUT2D eigenvalue weighted by molar-refractivity contribution is 3.24. The molecule has 0 bridgehead atoms. The molecule has 0 atom stereocenters. The molecule has 37 valence electrons. The van der Waals surface area contributed by atoms with Gasteiger partial charge in [-0.3, -0.25) is 0 Å². The highest BCUT2D eigenvalue weighted by molar-refractivity contribution is 8.93. The van der Waals surface area contributed by atoms with Gasteiger partial charge in [-0.2, -0.15) is 0 Å². The van der Waals surface area contributed by atoms with Gasteiger partial charge in [-0.05, 0) is 7.43 Å². The van der Waals surface area contributed by atoms with Crippen LogP contribution in [0.15, 0.2) is 0 Å². The molecule has 0 amide bonds. The predicted molar refractivity (Wildman–Crippen MR) is 45.6 cm³/mol. The largest absolute Gasteiger partial charge is 0.114 e. The first-order valence-electron chi connectivity index (χ1n) is 0. The lowest BCUT2D eigenvalue weighted by Gasteiger charge is -0.115. The minimum absolute atomic E-state index is 0. The van der Waals surface area contributed by atoms with E-state index in [-0.39, 0.29) is 75.4 Å². The summed E-state index contributed by atoms with van der Waals surface area (Å²) in [6, 6.07) is 0. The molecule has 5 heavy (non-hydrogen) atoms. The van der Waals surface area contributed by atoms with Gasteiger partial charge in [-0.15, -0.1) is 67.9 Å². The van der Waals surface area contributed by atoms with Gasteiger partial charge in [0.1, 0.15) is 0 Å². The molecule has 0 saturated heterocycles. The molecule has 0 aromatic heterocycles. The molecule has 0 saturated carbocycles. The topological polar surface area (TPSA) is 0 Å². The average Bonchev–Trinajstić information content (AvgIpc) is 0. The van der Waals surface area contributed by atoms with E-state index < -0.39 is 0 Å². The molecule has 0 fully saturated rings. The Kier molecular flexibility index (Phi) is 511. The Morgan fingerprint density at radius 2 is 0.400 bits per heavy atom. The summed E-state index contributed by atoms with van der Waals surface area (Å²) in [6.07, 6.45) is 0. The quantitative estimate of drug-likeness (QED) is 0.638. The van der Waals surface area contributed by atoms with Gasteiger partial charge < -0.3 is 0 Å². The summed E-state index contributed by atoms with van der Waals surface area (Å²) in [4.78, 5) is 0. The van der Waals surface area contributed by atoms with Crippen LogP contribution in [0.5, 0.6) is 0 Å². The minimum atomic E-state index is 0. The SMILES string of the molecule is Br.Br.Br.Br.[CH]. The summed E-state index contributed by atoms with van der Waals surface area (Å²) in [7, 11) is 0. The van der Waals surface area contributed by atoms with Crippen LogP contribution in [0.3, 0.4) is 0 Å². The number of halogens is 4. The summed E-state index contributed by atoms with van der Waals surface area (Å²) < 4.78 is 0. The van der Waals surface area contributed by atoms with E-state index in [2.05, 4.69) is 0 Å². The van der Waals surface area contributed by atoms with E-state index in [0.717, 1.165) is 0 Å². The van der Waals surface area contributed by atoms with Crippen LogP contribution in [0, 0.1) is 7.43 Å². The standard InChI is InChI=1S/CH.4BrH/h5*1H. The minimum Gasteiger partial charge on any atom is -0.114 e. The lowest BCUT2D eigenvalue weighted by Crippen LogP contribution is 0.0813. The molecule has 0 aliphatic heterocycles. The van der Waals surface area contributed by atoms with Crippen LogP contribution < -0.4 is 0 Å². The monoisotopic (exact) mass is 333 g/mol. The van der Waals surface area contributed by atoms with Crippen LogP contribution in [0.1, 0.15) is 0 Å². The third-order valence-electron chi connectivity index (χ3n) is 0. The van der Waals surface area contributed by atoms with Gasteiger partial charge in [0.2, 0.25) is 0 Å². The maximum Gasteiger partial charge on any atom is -0.0312 e. The summed E-state index contributed by atoms with van der Waals surface area (Å²) in [5, 5.41) is 0. The lowest BCUT2D eigenvalue weighted by atomic mass is 12.0. The van der Waals surface area contributed by atoms with Gasteiger partial charge in [-0.1, -0.05) is 0 Å². The highest BCUT2D eigenvalue weighted by Crippen LogP contribution is 0.849. The van der Waals surface area contributed by atoms with Crippen molar-refractivity contribution in [3.8, 4) is 0 Å². The molecular weight excluding hydrogens is 332 g/mol. The Hall–Kier alpha value is 1.92. The summed E-state index contributed by atoms with van der Waals surface area (Å²) in [5.41, 5.74) is 0. The molecule has 0 N–H and O–H groups in total. The van der Waals surface area contributed by atoms with Crippen LogP contribution >= 0.6 is 67.9 Å². The van der Waals surface area contributed by atoms with Crippen LogP contribution in [0.2, 0.25) is 0 Å². The molecule has 0 unspecified atom stereocenters. The molecule has 4 heteroatoms. The smallest absolute Gasteiger partial charge is 0.0312 e. The molecule has 0 spiro atoms. The first-order valence-corrected chi connectivity index (χ1v) is 0. The van der Waals surface area contributed by atoms with Crippen molar-refractivity contribution in [3.05, 3.63) is 7.43 Å². The second-order valence-corrected chi connectivity index (χ2v) is 0. The zero-order valence-corrected chi connectivity index (χ0v) is 9.06. The first-order chi connectivity index (χ1) is 0. The Labute approximate surface area is 74.8 Å². The zero-order chi connectivity index (χ0) is 0. The highest BCUT2D eigenvalue weighted by atomic mass is 79.9. The van der Waals surface area contributed by atoms with Gasteiger partial charge in [0.15, 0.2) is 0 Å². The molecule has 3 radical (unpaired) electrons. The van der Waals surface area contributed by atoms with Crippen molar-refractivity contribution in [2.75, 3.05) is 0 Å². The Bertz CT molecular complexity index is 3.61. The molecule has 0 aliphatic rings. The van der Waals surface area contributed by atoms with E-state index in [4.69, 9.17) is 0 Å². The van der Waals surface area contributed by atoms with Crippen molar-refractivity contribution in [1.29, 1.82) is 0 Å². The van der Waals surface area contributed by atoms with Crippen molar-refractivity contribution in [1.82, 2.24) is 0 Å². The van der Waals surface area contributed by atoms with E-state index in [1.165, 1.54) is 0 Å². The third-order valence-corrected chi connectivity index (χ3v) is 0. The molecule has 0 nitrogen and oxygen atoms in total. The van der Waals surface area contributed by atoms with Gasteiger partial charge in [-0.25, -0.2) is 0 Å². The van der Waals surface area contributed by atoms with Crippen molar-refractivity contribution in [2.45, 2.75) is 0 Å². The van der Waals surface area contributed by atoms with Crippen LogP contribution in [0.25, 0.3) is 0 Å². The number of rotatable bonds is 0. The van der Waals surface area contributed by atoms with E-state index in [1.807, 2.05) is 0 Å². The molecule has 0 rings (SSSR count). The fraction of sp³-hybridized carbons (Fsp3) is 0. The van der Waals surface area contributed by atoms with Gasteiger partial charge in [0, 0.05) is 0 Å². The molecule has 0 heterocycles. The van der Waals surface area contributed by atoms with Crippen molar-refractivity contribution >= 4 is 67.9 Å². The molecule has 0 aliphatic carbocycles. The normalized spacial score (nSPS) is 0. The van der Waals surface area contributed by atoms with Gasteiger partial charge in [0.05, 0.1) is 0 Å². The van der Waals surface area contributed by atoms with Gasteiger partial charge in [0.25, 0.3) is 0 Å². The van der Waals surface area contributed by atoms with Crippen molar-refractivity contribution in [2.24, 2.45) is 0 Å². The van der Waals surface area contributed by atoms with Crippen molar-refractivity contribution in [3.63, 3.8) is 0 Å². The Morgan fingerprint density at radius 1 is 0.400 bits per heavy atom. The van der Waals surface area contributed by atoms with E-state index in [1.54, 1.807) is 0 Å². The van der Waals surface area contributed by atoms with Gasteiger partial charge >= 0.3 is 0 Å². The zero-order valence-electron chi connectivity index (χ0n) is 2.21. The van der Waals surface area contributed by atoms with E-state index >= 15 is 0 Å². The fourth-order valence-corrected chi connectivity index (χ4v) is 0. The molecular formula is CH5Br4. The Morgan fingerprint density at radius 3 is 0.400 bits per heavy atom. The molecule has 0 aromatic rings. The predicted octanol–water partition coefficient (Wildman–Crippen LogP) is 2.52. The molecule has 0 aromatic carbocycles. The van der Waals surface area contributed by atoms with E-state index in [9.17, 15) is 0 Å². The Balaban J connectivity index is 0. The summed E-state index contributed by atoms with van der Waals surface area (Å²) in [5.74, 6) is 0. The van der Waals surface area contributed by atoms with Crippen LogP contribution in [-0.2, 0) is 0 Å². The second kappa shape index (κ2) is 38.9. The first kappa shape index (κ1) is 65.8. The van der Waals surface area contributed by atoms with Crippen molar-refractivity contribution < 1.29 is 0 Å². The van der Waals surface area contributed by atoms with Crippen LogP contribution in [0.4, 0.5) is 0 Å². The summed E-state index contributed by atoms with van der Waals surface area (Å²) in [6.45, 7) is 0. The fourth-order valence-electron chi connectivity index (χ4n) is 0. The maximum absolute atomic E-state index is 0. The number of hydrogen-bond donors (Lipinski definition) is 0. The summed E-state index contributed by atoms with van der Waals surface area (Å²) >= 11 is 0. The third kappa shape index (κ3) is 24.7.